The van der Waals surface area contributed by atoms with Crippen molar-refractivity contribution in [2.75, 3.05) is 26.3 Å². The number of hydrogen-bond acceptors (Lipinski definition) is 5. The average molecular weight is 459 g/mol. The normalized spacial score (nSPS) is 18.6. The monoisotopic (exact) mass is 458 g/mol. The largest absolute Gasteiger partial charge is 0.490 e. The maximum Gasteiger partial charge on any atom is 0.243 e. The Balaban J connectivity index is 1.38. The van der Waals surface area contributed by atoms with Crippen LogP contribution in [0.5, 0.6) is 11.5 Å². The van der Waals surface area contributed by atoms with Crippen molar-refractivity contribution in [1.82, 2.24) is 9.62 Å². The molecule has 0 saturated carbocycles. The predicted octanol–water partition coefficient (Wildman–Crippen LogP) is 3.43. The van der Waals surface area contributed by atoms with Crippen molar-refractivity contribution in [1.29, 1.82) is 0 Å². The van der Waals surface area contributed by atoms with E-state index < -0.39 is 10.0 Å². The summed E-state index contributed by atoms with van der Waals surface area (Å²) in [5.74, 6) is 0.813. The first-order valence-electron chi connectivity index (χ1n) is 11.1. The molecule has 1 atom stereocenters. The number of nitrogens with zero attached hydrogens (tertiary/aromatic N) is 1. The highest BCUT2D eigenvalue weighted by molar-refractivity contribution is 7.89. The summed E-state index contributed by atoms with van der Waals surface area (Å²) in [5.41, 5.74) is 2.23. The van der Waals surface area contributed by atoms with Crippen LogP contribution in [-0.2, 0) is 14.8 Å². The zero-order valence-corrected chi connectivity index (χ0v) is 19.4. The number of carbonyl (C=O) groups is 1. The summed E-state index contributed by atoms with van der Waals surface area (Å²) in [7, 11) is -3.66. The third-order valence-corrected chi connectivity index (χ3v) is 8.09. The Bertz CT molecular complexity index is 1080. The molecule has 2 aliphatic rings. The number of ether oxygens (including phenoxy) is 2. The third kappa shape index (κ3) is 4.76. The first-order valence-corrected chi connectivity index (χ1v) is 12.6. The summed E-state index contributed by atoms with van der Waals surface area (Å²) in [6, 6.07) is 12.7. The van der Waals surface area contributed by atoms with Crippen LogP contribution in [0.4, 0.5) is 0 Å². The number of benzene rings is 2. The van der Waals surface area contributed by atoms with E-state index in [1.54, 1.807) is 18.2 Å². The Hall–Kier alpha value is -2.58. The van der Waals surface area contributed by atoms with Crippen molar-refractivity contribution >= 4 is 15.9 Å². The lowest BCUT2D eigenvalue weighted by atomic mass is 9.96. The Kier molecular flexibility index (Phi) is 6.71. The van der Waals surface area contributed by atoms with E-state index in [0.29, 0.717) is 50.6 Å². The lowest BCUT2D eigenvalue weighted by Gasteiger charge is -2.31. The molecular formula is C24H30N2O5S. The molecule has 1 fully saturated rings. The summed E-state index contributed by atoms with van der Waals surface area (Å²) in [4.78, 5) is 13.0. The zero-order chi connectivity index (χ0) is 22.7. The van der Waals surface area contributed by atoms with Crippen LogP contribution in [0.2, 0.25) is 0 Å². The van der Waals surface area contributed by atoms with Gasteiger partial charge in [0.05, 0.1) is 24.2 Å². The number of sulfonamides is 1. The molecule has 0 radical (unpaired) electrons. The molecule has 172 valence electrons. The van der Waals surface area contributed by atoms with Crippen LogP contribution < -0.4 is 14.8 Å². The van der Waals surface area contributed by atoms with Gasteiger partial charge in [-0.2, -0.15) is 4.31 Å². The molecule has 4 rings (SSSR count). The number of fused-ring (bicyclic) bond motifs is 1. The number of piperidine rings is 1. The molecule has 0 spiro atoms. The van der Waals surface area contributed by atoms with Crippen molar-refractivity contribution < 1.29 is 22.7 Å². The van der Waals surface area contributed by atoms with Gasteiger partial charge in [-0.3, -0.25) is 4.79 Å². The van der Waals surface area contributed by atoms with E-state index in [0.717, 1.165) is 17.5 Å². The van der Waals surface area contributed by atoms with Crippen LogP contribution >= 0.6 is 0 Å². The molecule has 0 aliphatic carbocycles. The van der Waals surface area contributed by atoms with Crippen LogP contribution in [0.3, 0.4) is 0 Å². The fraction of sp³-hybridized carbons (Fsp3) is 0.458. The molecule has 1 unspecified atom stereocenters. The fourth-order valence-corrected chi connectivity index (χ4v) is 5.78. The molecular weight excluding hydrogens is 428 g/mol. The van der Waals surface area contributed by atoms with Crippen LogP contribution in [0.25, 0.3) is 0 Å². The summed E-state index contributed by atoms with van der Waals surface area (Å²) in [6.45, 7) is 5.68. The van der Waals surface area contributed by atoms with Gasteiger partial charge in [0.15, 0.2) is 11.5 Å². The van der Waals surface area contributed by atoms with Crippen molar-refractivity contribution in [2.45, 2.75) is 44.0 Å². The van der Waals surface area contributed by atoms with Crippen molar-refractivity contribution in [3.05, 3.63) is 53.6 Å². The molecule has 2 aliphatic heterocycles. The second kappa shape index (κ2) is 9.50. The summed E-state index contributed by atoms with van der Waals surface area (Å²) >= 11 is 0. The topological polar surface area (TPSA) is 84.9 Å². The van der Waals surface area contributed by atoms with E-state index >= 15 is 0 Å². The SMILES string of the molecule is Cc1ccccc1C(C)NC(=O)C1CCN(S(=O)(=O)c2ccc3c(c2)OCCCO3)CC1. The molecule has 8 heteroatoms. The van der Waals surface area contributed by atoms with Gasteiger partial charge < -0.3 is 14.8 Å². The third-order valence-electron chi connectivity index (χ3n) is 6.20. The minimum absolute atomic E-state index is 0.0200. The molecule has 1 amide bonds. The number of aryl methyl sites for hydroxylation is 1. The van der Waals surface area contributed by atoms with Gasteiger partial charge in [-0.05, 0) is 49.9 Å². The Morgan fingerprint density at radius 2 is 1.75 bits per heavy atom. The standard InChI is InChI=1S/C24H30N2O5S/c1-17-6-3-4-7-21(17)18(2)25-24(27)19-10-12-26(13-11-19)32(28,29)20-8-9-22-23(16-20)31-15-5-14-30-22/h3-4,6-9,16,18-19H,5,10-15H2,1-2H3,(H,25,27). The van der Waals surface area contributed by atoms with Crippen LogP contribution in [0.1, 0.15) is 43.4 Å². The minimum atomic E-state index is -3.66. The average Bonchev–Trinajstić information content (AvgIpc) is 3.04. The van der Waals surface area contributed by atoms with E-state index in [4.69, 9.17) is 9.47 Å². The quantitative estimate of drug-likeness (QED) is 0.742. The van der Waals surface area contributed by atoms with Gasteiger partial charge >= 0.3 is 0 Å². The van der Waals surface area contributed by atoms with Gasteiger partial charge in [0.25, 0.3) is 0 Å². The second-order valence-corrected chi connectivity index (χ2v) is 10.4. The van der Waals surface area contributed by atoms with E-state index in [1.807, 2.05) is 38.1 Å². The Labute approximate surface area is 189 Å². The highest BCUT2D eigenvalue weighted by Crippen LogP contribution is 2.34. The van der Waals surface area contributed by atoms with Crippen LogP contribution in [-0.4, -0.2) is 44.9 Å². The molecule has 2 heterocycles. The number of amides is 1. The lowest BCUT2D eigenvalue weighted by molar-refractivity contribution is -0.126. The van der Waals surface area contributed by atoms with Gasteiger partial charge in [0.1, 0.15) is 0 Å². The lowest BCUT2D eigenvalue weighted by Crippen LogP contribution is -2.43. The molecule has 32 heavy (non-hydrogen) atoms. The number of hydrogen-bond donors (Lipinski definition) is 1. The highest BCUT2D eigenvalue weighted by atomic mass is 32.2. The number of carbonyl (C=O) groups excluding carboxylic acids is 1. The maximum absolute atomic E-state index is 13.2. The van der Waals surface area contributed by atoms with E-state index in [-0.39, 0.29) is 22.8 Å². The Morgan fingerprint density at radius 1 is 1.06 bits per heavy atom. The maximum atomic E-state index is 13.2. The molecule has 1 N–H and O–H groups in total. The summed E-state index contributed by atoms with van der Waals surface area (Å²) in [6.07, 6.45) is 1.75. The minimum Gasteiger partial charge on any atom is -0.490 e. The molecule has 7 nitrogen and oxygen atoms in total. The summed E-state index contributed by atoms with van der Waals surface area (Å²) in [5, 5.41) is 3.09. The number of rotatable bonds is 5. The van der Waals surface area contributed by atoms with E-state index in [9.17, 15) is 13.2 Å². The van der Waals surface area contributed by atoms with Gasteiger partial charge in [0.2, 0.25) is 15.9 Å². The highest BCUT2D eigenvalue weighted by Gasteiger charge is 2.33. The molecule has 0 bridgehead atoms. The molecule has 0 aromatic heterocycles. The first-order chi connectivity index (χ1) is 15.4. The zero-order valence-electron chi connectivity index (χ0n) is 18.5. The van der Waals surface area contributed by atoms with Gasteiger partial charge in [-0.15, -0.1) is 0 Å². The smallest absolute Gasteiger partial charge is 0.243 e. The van der Waals surface area contributed by atoms with Crippen molar-refractivity contribution in [3.63, 3.8) is 0 Å². The molecule has 1 saturated heterocycles. The van der Waals surface area contributed by atoms with Gasteiger partial charge in [0, 0.05) is 31.5 Å². The molecule has 2 aromatic carbocycles. The van der Waals surface area contributed by atoms with E-state index in [1.165, 1.54) is 4.31 Å². The van der Waals surface area contributed by atoms with Crippen molar-refractivity contribution in [3.8, 4) is 11.5 Å². The van der Waals surface area contributed by atoms with Gasteiger partial charge in [-0.1, -0.05) is 24.3 Å². The first kappa shape index (κ1) is 22.6. The summed E-state index contributed by atoms with van der Waals surface area (Å²) < 4.78 is 39.0. The fourth-order valence-electron chi connectivity index (χ4n) is 4.29. The van der Waals surface area contributed by atoms with Gasteiger partial charge in [-0.25, -0.2) is 8.42 Å². The second-order valence-electron chi connectivity index (χ2n) is 8.42. The van der Waals surface area contributed by atoms with Crippen molar-refractivity contribution in [2.24, 2.45) is 5.92 Å². The van der Waals surface area contributed by atoms with Crippen LogP contribution in [0, 0.1) is 12.8 Å². The molecule has 2 aromatic rings. The van der Waals surface area contributed by atoms with E-state index in [2.05, 4.69) is 5.32 Å². The Morgan fingerprint density at radius 3 is 2.47 bits per heavy atom. The predicted molar refractivity (Wildman–Crippen MR) is 121 cm³/mol. The number of nitrogens with one attached hydrogen (secondary N) is 1. The van der Waals surface area contributed by atoms with Crippen LogP contribution in [0.15, 0.2) is 47.4 Å².